The van der Waals surface area contributed by atoms with Crippen LogP contribution in [-0.2, 0) is 11.3 Å². The molecule has 31 heavy (non-hydrogen) atoms. The number of carbonyl (C=O) groups excluding carboxylic acids is 1. The normalized spacial score (nSPS) is 11.6. The zero-order chi connectivity index (χ0) is 21.9. The fourth-order valence-electron chi connectivity index (χ4n) is 3.92. The third-order valence-corrected chi connectivity index (χ3v) is 5.39. The van der Waals surface area contributed by atoms with Gasteiger partial charge in [-0.2, -0.15) is 0 Å². The first-order valence-corrected chi connectivity index (χ1v) is 9.22. The van der Waals surface area contributed by atoms with Crippen molar-refractivity contribution >= 4 is 38.3 Å². The maximum atomic E-state index is 13.9. The number of hydrogen-bond donors (Lipinski definition) is 0. The van der Waals surface area contributed by atoms with Crippen molar-refractivity contribution in [3.8, 4) is 0 Å². The van der Waals surface area contributed by atoms with E-state index in [0.29, 0.717) is 5.56 Å². The number of esters is 1. The van der Waals surface area contributed by atoms with E-state index in [0.717, 1.165) is 32.3 Å². The Morgan fingerprint density at radius 2 is 1.16 bits per heavy atom. The Hall–Kier alpha value is -3.74. The van der Waals surface area contributed by atoms with Crippen molar-refractivity contribution in [2.45, 2.75) is 6.61 Å². The minimum absolute atomic E-state index is 0.410. The Labute approximate surface area is 171 Å². The van der Waals surface area contributed by atoms with Gasteiger partial charge in [-0.05, 0) is 37.9 Å². The topological polar surface area (TPSA) is 26.3 Å². The Morgan fingerprint density at radius 3 is 1.81 bits per heavy atom. The molecule has 0 saturated heterocycles. The minimum Gasteiger partial charge on any atom is -0.457 e. The standard InChI is InChI=1S/C24H11F5O2/c25-19-18(20(26)22(28)23(29)21(19)27)24(30)31-10-14-7-6-13-5-4-11-2-1-3-12-8-9-15(14)17(13)16(11)12/h1-9H,10H2. The van der Waals surface area contributed by atoms with Gasteiger partial charge < -0.3 is 4.74 Å². The van der Waals surface area contributed by atoms with E-state index in [9.17, 15) is 26.7 Å². The van der Waals surface area contributed by atoms with Crippen LogP contribution >= 0.6 is 0 Å². The molecule has 0 amide bonds. The van der Waals surface area contributed by atoms with E-state index in [2.05, 4.69) is 0 Å². The fourth-order valence-corrected chi connectivity index (χ4v) is 3.92. The quantitative estimate of drug-likeness (QED) is 0.106. The lowest BCUT2D eigenvalue weighted by molar-refractivity contribution is 0.0459. The van der Waals surface area contributed by atoms with Gasteiger partial charge in [0.2, 0.25) is 5.82 Å². The number of ether oxygens (including phenoxy) is 1. The number of hydrogen-bond acceptors (Lipinski definition) is 2. The minimum atomic E-state index is -2.33. The number of benzene rings is 5. The van der Waals surface area contributed by atoms with Crippen molar-refractivity contribution in [2.75, 3.05) is 0 Å². The molecule has 0 aliphatic heterocycles. The highest BCUT2D eigenvalue weighted by molar-refractivity contribution is 6.23. The van der Waals surface area contributed by atoms with Crippen LogP contribution in [0.1, 0.15) is 15.9 Å². The molecule has 0 atom stereocenters. The van der Waals surface area contributed by atoms with Gasteiger partial charge in [0.25, 0.3) is 0 Å². The summed E-state index contributed by atoms with van der Waals surface area (Å²) >= 11 is 0. The largest absolute Gasteiger partial charge is 0.457 e. The van der Waals surface area contributed by atoms with Gasteiger partial charge in [0, 0.05) is 0 Å². The molecule has 5 aromatic rings. The van der Waals surface area contributed by atoms with Crippen molar-refractivity contribution < 1.29 is 31.5 Å². The molecule has 7 heteroatoms. The van der Waals surface area contributed by atoms with Crippen LogP contribution < -0.4 is 0 Å². The zero-order valence-corrected chi connectivity index (χ0v) is 15.6. The smallest absolute Gasteiger partial charge is 0.344 e. The summed E-state index contributed by atoms with van der Waals surface area (Å²) in [5, 5.41) is 5.70. The van der Waals surface area contributed by atoms with Crippen molar-refractivity contribution in [1.29, 1.82) is 0 Å². The molecule has 154 valence electrons. The van der Waals surface area contributed by atoms with E-state index in [4.69, 9.17) is 4.74 Å². The van der Waals surface area contributed by atoms with Gasteiger partial charge in [0.05, 0.1) is 0 Å². The van der Waals surface area contributed by atoms with E-state index in [1.54, 1.807) is 6.07 Å². The van der Waals surface area contributed by atoms with Crippen LogP contribution in [-0.4, -0.2) is 5.97 Å². The van der Waals surface area contributed by atoms with Gasteiger partial charge in [0.15, 0.2) is 23.3 Å². The molecule has 0 N–H and O–H groups in total. The summed E-state index contributed by atoms with van der Waals surface area (Å²) in [5.41, 5.74) is -1.09. The first kappa shape index (κ1) is 19.2. The molecule has 5 aromatic carbocycles. The monoisotopic (exact) mass is 426 g/mol. The molecule has 0 radical (unpaired) electrons. The van der Waals surface area contributed by atoms with Crippen LogP contribution in [0, 0.1) is 29.1 Å². The van der Waals surface area contributed by atoms with E-state index in [1.807, 2.05) is 48.5 Å². The first-order valence-electron chi connectivity index (χ1n) is 9.22. The van der Waals surface area contributed by atoms with Gasteiger partial charge in [-0.1, -0.05) is 54.6 Å². The molecule has 0 aliphatic rings. The van der Waals surface area contributed by atoms with Crippen molar-refractivity contribution in [1.82, 2.24) is 0 Å². The van der Waals surface area contributed by atoms with Crippen LogP contribution in [0.2, 0.25) is 0 Å². The van der Waals surface area contributed by atoms with Gasteiger partial charge in [-0.25, -0.2) is 26.7 Å². The van der Waals surface area contributed by atoms with Crippen LogP contribution in [0.25, 0.3) is 32.3 Å². The van der Waals surface area contributed by atoms with Crippen LogP contribution in [0.4, 0.5) is 22.0 Å². The third kappa shape index (κ3) is 2.80. The Kier molecular flexibility index (Phi) is 4.28. The molecule has 0 unspecified atom stereocenters. The second-order valence-corrected chi connectivity index (χ2v) is 7.10. The molecular formula is C24H11F5O2. The highest BCUT2D eigenvalue weighted by Gasteiger charge is 2.30. The van der Waals surface area contributed by atoms with E-state index < -0.39 is 47.2 Å². The summed E-state index contributed by atoms with van der Waals surface area (Å²) in [7, 11) is 0. The average molecular weight is 426 g/mol. The van der Waals surface area contributed by atoms with E-state index in [1.165, 1.54) is 0 Å². The number of rotatable bonds is 3. The second-order valence-electron chi connectivity index (χ2n) is 7.10. The molecular weight excluding hydrogens is 415 g/mol. The number of carbonyl (C=O) groups is 1. The maximum Gasteiger partial charge on any atom is 0.344 e. The van der Waals surface area contributed by atoms with Gasteiger partial charge in [-0.3, -0.25) is 0 Å². The maximum absolute atomic E-state index is 13.9. The second kappa shape index (κ2) is 6.91. The molecule has 0 saturated carbocycles. The molecule has 0 bridgehead atoms. The summed E-state index contributed by atoms with van der Waals surface area (Å²) in [5.74, 6) is -12.8. The lowest BCUT2D eigenvalue weighted by Crippen LogP contribution is -2.15. The number of halogens is 5. The third-order valence-electron chi connectivity index (χ3n) is 5.39. The summed E-state index contributed by atoms with van der Waals surface area (Å²) in [6, 6.07) is 17.1. The molecule has 0 spiro atoms. The predicted molar refractivity (Wildman–Crippen MR) is 105 cm³/mol. The summed E-state index contributed by atoms with van der Waals surface area (Å²) in [6.45, 7) is -0.410. The summed E-state index contributed by atoms with van der Waals surface area (Å²) in [6.07, 6.45) is 0. The molecule has 0 fully saturated rings. The molecule has 0 heterocycles. The summed E-state index contributed by atoms with van der Waals surface area (Å²) < 4.78 is 72.7. The van der Waals surface area contributed by atoms with E-state index in [-0.39, 0.29) is 0 Å². The van der Waals surface area contributed by atoms with Gasteiger partial charge in [-0.15, -0.1) is 0 Å². The molecule has 0 aromatic heterocycles. The van der Waals surface area contributed by atoms with Crippen LogP contribution in [0.3, 0.4) is 0 Å². The highest BCUT2D eigenvalue weighted by Crippen LogP contribution is 2.36. The zero-order valence-electron chi connectivity index (χ0n) is 15.6. The Balaban J connectivity index is 1.56. The van der Waals surface area contributed by atoms with Crippen molar-refractivity contribution in [3.63, 3.8) is 0 Å². The SMILES string of the molecule is O=C(OCc1ccc2ccc3cccc4ccc1c2c34)c1c(F)c(F)c(F)c(F)c1F. The summed E-state index contributed by atoms with van der Waals surface area (Å²) in [4.78, 5) is 12.2. The lowest BCUT2D eigenvalue weighted by atomic mass is 9.92. The first-order chi connectivity index (χ1) is 14.9. The fraction of sp³-hybridized carbons (Fsp3) is 0.0417. The average Bonchev–Trinajstić information content (AvgIpc) is 2.79. The van der Waals surface area contributed by atoms with Crippen LogP contribution in [0.5, 0.6) is 0 Å². The van der Waals surface area contributed by atoms with Crippen molar-refractivity contribution in [3.05, 3.63) is 94.8 Å². The van der Waals surface area contributed by atoms with Gasteiger partial charge >= 0.3 is 5.97 Å². The lowest BCUT2D eigenvalue weighted by Gasteiger charge is -2.14. The Morgan fingerprint density at radius 1 is 0.645 bits per heavy atom. The molecule has 5 rings (SSSR count). The molecule has 2 nitrogen and oxygen atoms in total. The van der Waals surface area contributed by atoms with Crippen molar-refractivity contribution in [2.24, 2.45) is 0 Å². The van der Waals surface area contributed by atoms with Crippen LogP contribution in [0.15, 0.2) is 54.6 Å². The van der Waals surface area contributed by atoms with E-state index >= 15 is 0 Å². The Bertz CT molecular complexity index is 1460. The molecule has 0 aliphatic carbocycles. The highest BCUT2D eigenvalue weighted by atomic mass is 19.2. The predicted octanol–water partition coefficient (Wildman–Crippen LogP) is 6.64. The van der Waals surface area contributed by atoms with Gasteiger partial charge in [0.1, 0.15) is 12.2 Å².